The van der Waals surface area contributed by atoms with Gasteiger partial charge in [0.2, 0.25) is 0 Å². The van der Waals surface area contributed by atoms with Crippen molar-refractivity contribution in [3.05, 3.63) is 42.1 Å². The Balaban J connectivity index is 1.69. The zero-order valence-corrected chi connectivity index (χ0v) is 11.8. The topological polar surface area (TPSA) is 36.4 Å². The number of hydrogen-bond donors (Lipinski definition) is 1. The summed E-state index contributed by atoms with van der Waals surface area (Å²) in [6, 6.07) is 12.6. The molecule has 0 aliphatic carbocycles. The Kier molecular flexibility index (Phi) is 4.28. The molecule has 3 rings (SSSR count). The fourth-order valence-corrected chi connectivity index (χ4v) is 3.14. The standard InChI is InChI=1S/C17H22N2O/c20-11-9-14-4-3-10-19(12-14)13-16-8-7-15-5-1-2-6-17(15)18-16/h1-2,5-8,14,20H,3-4,9-13H2. The van der Waals surface area contributed by atoms with E-state index in [0.717, 1.165) is 37.3 Å². The molecule has 1 aliphatic rings. The number of nitrogens with zero attached hydrogens (tertiary/aromatic N) is 2. The van der Waals surface area contributed by atoms with Gasteiger partial charge in [0.15, 0.2) is 0 Å². The fraction of sp³-hybridized carbons (Fsp3) is 0.471. The lowest BCUT2D eigenvalue weighted by Crippen LogP contribution is -2.35. The largest absolute Gasteiger partial charge is 0.396 e. The maximum Gasteiger partial charge on any atom is 0.0705 e. The molecule has 1 N–H and O–H groups in total. The molecule has 0 radical (unpaired) electrons. The van der Waals surface area contributed by atoms with Crippen LogP contribution in [0.3, 0.4) is 0 Å². The molecule has 1 saturated heterocycles. The first-order valence-electron chi connectivity index (χ1n) is 7.53. The van der Waals surface area contributed by atoms with E-state index in [0.29, 0.717) is 12.5 Å². The highest BCUT2D eigenvalue weighted by atomic mass is 16.3. The van der Waals surface area contributed by atoms with Gasteiger partial charge in [-0.05, 0) is 43.9 Å². The molecule has 1 aromatic carbocycles. The molecule has 1 fully saturated rings. The first-order valence-corrected chi connectivity index (χ1v) is 7.53. The number of rotatable bonds is 4. The van der Waals surface area contributed by atoms with Gasteiger partial charge in [0.05, 0.1) is 11.2 Å². The number of para-hydroxylation sites is 1. The van der Waals surface area contributed by atoms with E-state index in [-0.39, 0.29) is 0 Å². The third-order valence-electron chi connectivity index (χ3n) is 4.18. The second-order valence-electron chi connectivity index (χ2n) is 5.75. The number of aliphatic hydroxyl groups excluding tert-OH is 1. The van der Waals surface area contributed by atoms with Gasteiger partial charge in [-0.15, -0.1) is 0 Å². The van der Waals surface area contributed by atoms with E-state index < -0.39 is 0 Å². The van der Waals surface area contributed by atoms with E-state index in [1.807, 2.05) is 12.1 Å². The molecule has 2 heterocycles. The first-order chi connectivity index (χ1) is 9.85. The smallest absolute Gasteiger partial charge is 0.0705 e. The summed E-state index contributed by atoms with van der Waals surface area (Å²) in [7, 11) is 0. The third-order valence-corrected chi connectivity index (χ3v) is 4.18. The molecule has 0 bridgehead atoms. The van der Waals surface area contributed by atoms with E-state index in [2.05, 4.69) is 29.2 Å². The Morgan fingerprint density at radius 2 is 2.10 bits per heavy atom. The molecule has 0 spiro atoms. The van der Waals surface area contributed by atoms with Gasteiger partial charge < -0.3 is 5.11 Å². The van der Waals surface area contributed by atoms with Crippen molar-refractivity contribution >= 4 is 10.9 Å². The highest BCUT2D eigenvalue weighted by molar-refractivity contribution is 5.78. The Hall–Kier alpha value is -1.45. The van der Waals surface area contributed by atoms with E-state index in [1.54, 1.807) is 0 Å². The average molecular weight is 270 g/mol. The molecule has 1 unspecified atom stereocenters. The van der Waals surface area contributed by atoms with Crippen LogP contribution >= 0.6 is 0 Å². The van der Waals surface area contributed by atoms with Crippen molar-refractivity contribution in [2.24, 2.45) is 5.92 Å². The summed E-state index contributed by atoms with van der Waals surface area (Å²) in [5.74, 6) is 0.647. The third kappa shape index (κ3) is 3.17. The predicted molar refractivity (Wildman–Crippen MR) is 81.4 cm³/mol. The van der Waals surface area contributed by atoms with Gasteiger partial charge in [0.1, 0.15) is 0 Å². The Morgan fingerprint density at radius 3 is 3.00 bits per heavy atom. The molecule has 1 atom stereocenters. The number of aromatic nitrogens is 1. The number of pyridine rings is 1. The molecule has 1 aromatic heterocycles. The lowest BCUT2D eigenvalue weighted by Gasteiger charge is -2.32. The van der Waals surface area contributed by atoms with Crippen LogP contribution in [-0.2, 0) is 6.54 Å². The second-order valence-corrected chi connectivity index (χ2v) is 5.75. The minimum Gasteiger partial charge on any atom is -0.396 e. The van der Waals surface area contributed by atoms with E-state index in [9.17, 15) is 0 Å². The molecule has 1 aliphatic heterocycles. The van der Waals surface area contributed by atoms with Crippen LogP contribution in [0.2, 0.25) is 0 Å². The van der Waals surface area contributed by atoms with Gasteiger partial charge in [-0.2, -0.15) is 0 Å². The number of aliphatic hydroxyl groups is 1. The molecular weight excluding hydrogens is 248 g/mol. The van der Waals surface area contributed by atoms with Crippen LogP contribution in [0.25, 0.3) is 10.9 Å². The molecule has 3 nitrogen and oxygen atoms in total. The average Bonchev–Trinajstić information content (AvgIpc) is 2.48. The highest BCUT2D eigenvalue weighted by Gasteiger charge is 2.19. The lowest BCUT2D eigenvalue weighted by molar-refractivity contribution is 0.141. The summed E-state index contributed by atoms with van der Waals surface area (Å²) in [6.45, 7) is 3.48. The normalized spacial score (nSPS) is 20.4. The zero-order chi connectivity index (χ0) is 13.8. The molecule has 106 valence electrons. The highest BCUT2D eigenvalue weighted by Crippen LogP contribution is 2.21. The summed E-state index contributed by atoms with van der Waals surface area (Å²) in [5.41, 5.74) is 2.22. The van der Waals surface area contributed by atoms with Gasteiger partial charge in [-0.1, -0.05) is 24.3 Å². The first kappa shape index (κ1) is 13.5. The molecule has 2 aromatic rings. The van der Waals surface area contributed by atoms with Crippen molar-refractivity contribution in [1.29, 1.82) is 0 Å². The molecular formula is C17H22N2O. The minimum atomic E-state index is 0.312. The molecule has 0 amide bonds. The molecule has 20 heavy (non-hydrogen) atoms. The van der Waals surface area contributed by atoms with Crippen LogP contribution in [0.1, 0.15) is 25.0 Å². The number of benzene rings is 1. The second kappa shape index (κ2) is 6.33. The maximum atomic E-state index is 9.08. The van der Waals surface area contributed by atoms with Crippen molar-refractivity contribution < 1.29 is 5.11 Å². The van der Waals surface area contributed by atoms with Crippen LogP contribution in [0, 0.1) is 5.92 Å². The quantitative estimate of drug-likeness (QED) is 0.928. The number of piperidine rings is 1. The van der Waals surface area contributed by atoms with Crippen molar-refractivity contribution in [2.45, 2.75) is 25.8 Å². The molecule has 0 saturated carbocycles. The predicted octanol–water partition coefficient (Wildman–Crippen LogP) is 2.83. The van der Waals surface area contributed by atoms with Crippen molar-refractivity contribution in [1.82, 2.24) is 9.88 Å². The number of hydrogen-bond acceptors (Lipinski definition) is 3. The Bertz CT molecular complexity index is 568. The van der Waals surface area contributed by atoms with Crippen molar-refractivity contribution in [2.75, 3.05) is 19.7 Å². The summed E-state index contributed by atoms with van der Waals surface area (Å²) in [5, 5.41) is 10.3. The number of likely N-dealkylation sites (tertiary alicyclic amines) is 1. The van der Waals surface area contributed by atoms with Crippen molar-refractivity contribution in [3.63, 3.8) is 0 Å². The van der Waals surface area contributed by atoms with Crippen LogP contribution in [0.5, 0.6) is 0 Å². The Morgan fingerprint density at radius 1 is 1.20 bits per heavy atom. The van der Waals surface area contributed by atoms with Gasteiger partial charge in [0.25, 0.3) is 0 Å². The van der Waals surface area contributed by atoms with Gasteiger partial charge >= 0.3 is 0 Å². The lowest BCUT2D eigenvalue weighted by atomic mass is 9.95. The number of fused-ring (bicyclic) bond motifs is 1. The van der Waals surface area contributed by atoms with Crippen molar-refractivity contribution in [3.8, 4) is 0 Å². The van der Waals surface area contributed by atoms with Crippen LogP contribution < -0.4 is 0 Å². The minimum absolute atomic E-state index is 0.312. The summed E-state index contributed by atoms with van der Waals surface area (Å²) >= 11 is 0. The molecule has 3 heteroatoms. The summed E-state index contributed by atoms with van der Waals surface area (Å²) in [4.78, 5) is 7.22. The van der Waals surface area contributed by atoms with E-state index in [4.69, 9.17) is 10.1 Å². The van der Waals surface area contributed by atoms with Gasteiger partial charge in [-0.25, -0.2) is 0 Å². The van der Waals surface area contributed by atoms with Crippen LogP contribution in [0.15, 0.2) is 36.4 Å². The summed E-state index contributed by atoms with van der Waals surface area (Å²) < 4.78 is 0. The SMILES string of the molecule is OCCC1CCCN(Cc2ccc3ccccc3n2)C1. The van der Waals surface area contributed by atoms with Crippen LogP contribution in [-0.4, -0.2) is 34.7 Å². The monoisotopic (exact) mass is 270 g/mol. The maximum absolute atomic E-state index is 9.08. The van der Waals surface area contributed by atoms with E-state index in [1.165, 1.54) is 18.2 Å². The van der Waals surface area contributed by atoms with Gasteiger partial charge in [-0.3, -0.25) is 9.88 Å². The fourth-order valence-electron chi connectivity index (χ4n) is 3.14. The van der Waals surface area contributed by atoms with Crippen LogP contribution in [0.4, 0.5) is 0 Å². The summed E-state index contributed by atoms with van der Waals surface area (Å²) in [6.07, 6.45) is 3.42. The van der Waals surface area contributed by atoms with Gasteiger partial charge in [0, 0.05) is 25.1 Å². The zero-order valence-electron chi connectivity index (χ0n) is 11.8. The van der Waals surface area contributed by atoms with E-state index >= 15 is 0 Å². The Labute approximate surface area is 120 Å².